The summed E-state index contributed by atoms with van der Waals surface area (Å²) in [7, 11) is 2.08. The highest BCUT2D eigenvalue weighted by Gasteiger charge is 2.12. The molecule has 1 aromatic rings. The maximum atomic E-state index is 2.25. The average Bonchev–Trinajstić information content (AvgIpc) is 2.03. The molecule has 72 valence electrons. The van der Waals surface area contributed by atoms with E-state index in [9.17, 15) is 0 Å². The van der Waals surface area contributed by atoms with Gasteiger partial charge in [-0.3, -0.25) is 0 Å². The zero-order chi connectivity index (χ0) is 10.0. The zero-order valence-corrected chi connectivity index (χ0v) is 9.33. The standard InChI is InChI=1S/C12H20N/c1-9(2)11-6-7-13(5)8-12(11)10(3)4/h6-10H,1-5H3/q+1. The van der Waals surface area contributed by atoms with Crippen LogP contribution in [-0.2, 0) is 7.05 Å². The maximum absolute atomic E-state index is 2.25. The van der Waals surface area contributed by atoms with Crippen LogP contribution in [0.2, 0.25) is 0 Å². The first-order chi connectivity index (χ1) is 6.02. The first kappa shape index (κ1) is 10.2. The molecular formula is C12H20N+. The lowest BCUT2D eigenvalue weighted by molar-refractivity contribution is -0.672. The topological polar surface area (TPSA) is 3.88 Å². The van der Waals surface area contributed by atoms with Gasteiger partial charge in [-0.2, -0.15) is 0 Å². The minimum Gasteiger partial charge on any atom is -0.207 e. The molecule has 0 aliphatic rings. The fraction of sp³-hybridized carbons (Fsp3) is 0.583. The number of nitrogens with zero attached hydrogens (tertiary/aromatic N) is 1. The second-order valence-electron chi connectivity index (χ2n) is 4.33. The van der Waals surface area contributed by atoms with Crippen molar-refractivity contribution in [3.05, 3.63) is 29.6 Å². The van der Waals surface area contributed by atoms with Gasteiger partial charge in [-0.05, 0) is 17.4 Å². The van der Waals surface area contributed by atoms with E-state index in [1.54, 1.807) is 0 Å². The van der Waals surface area contributed by atoms with Gasteiger partial charge >= 0.3 is 0 Å². The van der Waals surface area contributed by atoms with E-state index in [1.165, 1.54) is 11.1 Å². The van der Waals surface area contributed by atoms with Gasteiger partial charge in [0.15, 0.2) is 12.4 Å². The van der Waals surface area contributed by atoms with Crippen molar-refractivity contribution in [2.75, 3.05) is 0 Å². The van der Waals surface area contributed by atoms with Crippen LogP contribution in [0, 0.1) is 0 Å². The molecule has 0 bridgehead atoms. The molecule has 0 amide bonds. The third-order valence-corrected chi connectivity index (χ3v) is 2.41. The molecule has 0 aromatic carbocycles. The SMILES string of the molecule is CC(C)c1cc[n+](C)cc1C(C)C. The van der Waals surface area contributed by atoms with Crippen LogP contribution in [0.4, 0.5) is 0 Å². The third kappa shape index (κ3) is 2.30. The van der Waals surface area contributed by atoms with Crippen molar-refractivity contribution in [3.63, 3.8) is 0 Å². The highest BCUT2D eigenvalue weighted by molar-refractivity contribution is 5.27. The van der Waals surface area contributed by atoms with Crippen molar-refractivity contribution in [1.82, 2.24) is 0 Å². The van der Waals surface area contributed by atoms with Gasteiger partial charge in [-0.15, -0.1) is 0 Å². The lowest BCUT2D eigenvalue weighted by Crippen LogP contribution is -2.28. The van der Waals surface area contributed by atoms with Crippen LogP contribution < -0.4 is 4.57 Å². The van der Waals surface area contributed by atoms with E-state index >= 15 is 0 Å². The van der Waals surface area contributed by atoms with Gasteiger partial charge in [0.2, 0.25) is 0 Å². The first-order valence-electron chi connectivity index (χ1n) is 5.01. The number of hydrogen-bond donors (Lipinski definition) is 0. The Labute approximate surface area is 81.4 Å². The Bertz CT molecular complexity index is 287. The van der Waals surface area contributed by atoms with E-state index in [1.807, 2.05) is 0 Å². The van der Waals surface area contributed by atoms with Crippen molar-refractivity contribution in [2.24, 2.45) is 7.05 Å². The third-order valence-electron chi connectivity index (χ3n) is 2.41. The predicted molar refractivity (Wildman–Crippen MR) is 55.8 cm³/mol. The monoisotopic (exact) mass is 178 g/mol. The molecule has 0 unspecified atom stereocenters. The van der Waals surface area contributed by atoms with Crippen molar-refractivity contribution in [1.29, 1.82) is 0 Å². The molecule has 1 rings (SSSR count). The van der Waals surface area contributed by atoms with Gasteiger partial charge in [-0.25, -0.2) is 4.57 Å². The Balaban J connectivity index is 3.19. The summed E-state index contributed by atoms with van der Waals surface area (Å²) in [6.45, 7) is 9.00. The molecule has 0 saturated heterocycles. The number of hydrogen-bond acceptors (Lipinski definition) is 0. The average molecular weight is 178 g/mol. The Morgan fingerprint density at radius 1 is 1.00 bits per heavy atom. The minimum absolute atomic E-state index is 0.616. The molecule has 0 N–H and O–H groups in total. The maximum Gasteiger partial charge on any atom is 0.172 e. The number of aromatic nitrogens is 1. The second kappa shape index (κ2) is 3.91. The van der Waals surface area contributed by atoms with Crippen LogP contribution in [0.3, 0.4) is 0 Å². The molecule has 1 aromatic heterocycles. The summed E-state index contributed by atoms with van der Waals surface area (Å²) in [6, 6.07) is 2.24. The number of pyridine rings is 1. The van der Waals surface area contributed by atoms with Gasteiger partial charge in [-0.1, -0.05) is 27.7 Å². The fourth-order valence-electron chi connectivity index (χ4n) is 1.64. The van der Waals surface area contributed by atoms with Crippen molar-refractivity contribution in [2.45, 2.75) is 39.5 Å². The molecule has 1 nitrogen and oxygen atoms in total. The summed E-state index contributed by atoms with van der Waals surface area (Å²) in [6.07, 6.45) is 4.36. The predicted octanol–water partition coefficient (Wildman–Crippen LogP) is 2.76. The highest BCUT2D eigenvalue weighted by Crippen LogP contribution is 2.23. The van der Waals surface area contributed by atoms with E-state index in [0.29, 0.717) is 11.8 Å². The number of aryl methyl sites for hydroxylation is 1. The lowest BCUT2D eigenvalue weighted by Gasteiger charge is -2.13. The van der Waals surface area contributed by atoms with E-state index in [0.717, 1.165) is 0 Å². The van der Waals surface area contributed by atoms with Crippen LogP contribution in [-0.4, -0.2) is 0 Å². The molecule has 0 saturated carbocycles. The van der Waals surface area contributed by atoms with Gasteiger partial charge < -0.3 is 0 Å². The van der Waals surface area contributed by atoms with Crippen LogP contribution in [0.15, 0.2) is 18.5 Å². The number of rotatable bonds is 2. The van der Waals surface area contributed by atoms with Crippen LogP contribution in [0.5, 0.6) is 0 Å². The summed E-state index contributed by atoms with van der Waals surface area (Å²) >= 11 is 0. The Morgan fingerprint density at radius 2 is 1.54 bits per heavy atom. The molecule has 0 spiro atoms. The van der Waals surface area contributed by atoms with Gasteiger partial charge in [0, 0.05) is 11.6 Å². The first-order valence-corrected chi connectivity index (χ1v) is 5.01. The molecule has 0 aliphatic heterocycles. The van der Waals surface area contributed by atoms with Crippen LogP contribution >= 0.6 is 0 Å². The Morgan fingerprint density at radius 3 is 2.00 bits per heavy atom. The van der Waals surface area contributed by atoms with Gasteiger partial charge in [0.05, 0.1) is 0 Å². The summed E-state index contributed by atoms with van der Waals surface area (Å²) in [5, 5.41) is 0. The van der Waals surface area contributed by atoms with Crippen molar-refractivity contribution < 1.29 is 4.57 Å². The summed E-state index contributed by atoms with van der Waals surface area (Å²) in [5.41, 5.74) is 2.95. The Hall–Kier alpha value is -0.850. The molecule has 13 heavy (non-hydrogen) atoms. The molecule has 1 heteroatoms. The molecule has 1 heterocycles. The van der Waals surface area contributed by atoms with Crippen molar-refractivity contribution >= 4 is 0 Å². The van der Waals surface area contributed by atoms with E-state index in [-0.39, 0.29) is 0 Å². The van der Waals surface area contributed by atoms with E-state index < -0.39 is 0 Å². The molecular weight excluding hydrogens is 158 g/mol. The summed E-state index contributed by atoms with van der Waals surface area (Å²) in [4.78, 5) is 0. The Kier molecular flexibility index (Phi) is 3.07. The van der Waals surface area contributed by atoms with Crippen LogP contribution in [0.25, 0.3) is 0 Å². The van der Waals surface area contributed by atoms with Crippen LogP contribution in [0.1, 0.15) is 50.7 Å². The normalized spacial score (nSPS) is 11.3. The summed E-state index contributed by atoms with van der Waals surface area (Å²) in [5.74, 6) is 1.24. The molecule has 0 fully saturated rings. The second-order valence-corrected chi connectivity index (χ2v) is 4.33. The quantitative estimate of drug-likeness (QED) is 0.613. The molecule has 0 radical (unpaired) electrons. The minimum atomic E-state index is 0.616. The molecule has 0 aliphatic carbocycles. The zero-order valence-electron chi connectivity index (χ0n) is 9.33. The largest absolute Gasteiger partial charge is 0.207 e. The van der Waals surface area contributed by atoms with Crippen molar-refractivity contribution in [3.8, 4) is 0 Å². The summed E-state index contributed by atoms with van der Waals surface area (Å²) < 4.78 is 2.13. The van der Waals surface area contributed by atoms with E-state index in [4.69, 9.17) is 0 Å². The van der Waals surface area contributed by atoms with Gasteiger partial charge in [0.25, 0.3) is 0 Å². The van der Waals surface area contributed by atoms with Gasteiger partial charge in [0.1, 0.15) is 7.05 Å². The fourth-order valence-corrected chi connectivity index (χ4v) is 1.64. The van der Waals surface area contributed by atoms with E-state index in [2.05, 4.69) is 57.8 Å². The lowest BCUT2D eigenvalue weighted by atomic mass is 9.92. The smallest absolute Gasteiger partial charge is 0.172 e. The molecule has 0 atom stereocenters. The highest BCUT2D eigenvalue weighted by atomic mass is 14.9.